The van der Waals surface area contributed by atoms with E-state index in [9.17, 15) is 10.1 Å². The molecule has 0 radical (unpaired) electrons. The Bertz CT molecular complexity index is 419. The van der Waals surface area contributed by atoms with E-state index >= 15 is 0 Å². The lowest BCUT2D eigenvalue weighted by Gasteiger charge is -2.23. The number of halogens is 1. The number of hydrogen-bond acceptors (Lipinski definition) is 3. The van der Waals surface area contributed by atoms with E-state index in [2.05, 4.69) is 48.7 Å². The van der Waals surface area contributed by atoms with Crippen molar-refractivity contribution in [2.24, 2.45) is 5.41 Å². The highest BCUT2D eigenvalue weighted by Gasteiger charge is 2.16. The van der Waals surface area contributed by atoms with Crippen LogP contribution in [0.25, 0.3) is 0 Å². The molecule has 0 aliphatic carbocycles. The molecule has 0 bridgehead atoms. The van der Waals surface area contributed by atoms with Gasteiger partial charge in [0.15, 0.2) is 0 Å². The second-order valence-corrected chi connectivity index (χ2v) is 5.95. The number of nitrogens with one attached hydrogen (secondary N) is 1. The predicted molar refractivity (Wildman–Crippen MR) is 78.4 cm³/mol. The number of non-ortho nitro benzene ring substituents is 1. The van der Waals surface area contributed by atoms with Crippen molar-refractivity contribution < 1.29 is 4.92 Å². The highest BCUT2D eigenvalue weighted by molar-refractivity contribution is 14.1. The van der Waals surface area contributed by atoms with Gasteiger partial charge in [-0.1, -0.05) is 20.8 Å². The first-order valence-electron chi connectivity index (χ1n) is 5.53. The van der Waals surface area contributed by atoms with E-state index < -0.39 is 0 Å². The van der Waals surface area contributed by atoms with Crippen LogP contribution in [0, 0.1) is 19.1 Å². The van der Waals surface area contributed by atoms with Gasteiger partial charge in [-0.3, -0.25) is 10.1 Å². The standard InChI is InChI=1S/C12H17IN2O2/c1-4-12(2,3)8-14-11-6-5-9(15(16)17)7-10(11)13/h5-7,14H,4,8H2,1-3H3. The Morgan fingerprint density at radius 2 is 2.12 bits per heavy atom. The van der Waals surface area contributed by atoms with Gasteiger partial charge in [0, 0.05) is 27.9 Å². The lowest BCUT2D eigenvalue weighted by atomic mass is 9.90. The Labute approximate surface area is 115 Å². The van der Waals surface area contributed by atoms with Crippen molar-refractivity contribution in [2.75, 3.05) is 11.9 Å². The van der Waals surface area contributed by atoms with Gasteiger partial charge in [-0.15, -0.1) is 0 Å². The van der Waals surface area contributed by atoms with Gasteiger partial charge < -0.3 is 5.32 Å². The van der Waals surface area contributed by atoms with Crippen molar-refractivity contribution in [1.29, 1.82) is 0 Å². The van der Waals surface area contributed by atoms with Gasteiger partial charge in [-0.2, -0.15) is 0 Å². The minimum atomic E-state index is -0.373. The third-order valence-corrected chi connectivity index (χ3v) is 3.77. The molecule has 4 nitrogen and oxygen atoms in total. The Balaban J connectivity index is 2.77. The highest BCUT2D eigenvalue weighted by Crippen LogP contribution is 2.26. The lowest BCUT2D eigenvalue weighted by Crippen LogP contribution is -2.22. The minimum Gasteiger partial charge on any atom is -0.384 e. The lowest BCUT2D eigenvalue weighted by molar-refractivity contribution is -0.384. The predicted octanol–water partition coefficient (Wildman–Crippen LogP) is 4.05. The van der Waals surface area contributed by atoms with Crippen molar-refractivity contribution in [3.63, 3.8) is 0 Å². The fourth-order valence-corrected chi connectivity index (χ4v) is 1.91. The van der Waals surface area contributed by atoms with Crippen LogP contribution in [0.1, 0.15) is 27.2 Å². The normalized spacial score (nSPS) is 11.3. The van der Waals surface area contributed by atoms with Gasteiger partial charge in [0.1, 0.15) is 0 Å². The van der Waals surface area contributed by atoms with Crippen LogP contribution in [0.15, 0.2) is 18.2 Å². The molecular weight excluding hydrogens is 331 g/mol. The molecule has 0 spiro atoms. The van der Waals surface area contributed by atoms with Crippen LogP contribution in [0.5, 0.6) is 0 Å². The van der Waals surface area contributed by atoms with Crippen LogP contribution in [0.4, 0.5) is 11.4 Å². The maximum atomic E-state index is 10.6. The number of anilines is 1. The zero-order valence-corrected chi connectivity index (χ0v) is 12.4. The van der Waals surface area contributed by atoms with Crippen LogP contribution in [-0.4, -0.2) is 11.5 Å². The number of benzene rings is 1. The largest absolute Gasteiger partial charge is 0.384 e. The van der Waals surface area contributed by atoms with Gasteiger partial charge in [-0.05, 0) is 40.5 Å². The van der Waals surface area contributed by atoms with E-state index in [1.54, 1.807) is 12.1 Å². The summed E-state index contributed by atoms with van der Waals surface area (Å²) in [6, 6.07) is 4.89. The second-order valence-electron chi connectivity index (χ2n) is 4.79. The second kappa shape index (κ2) is 5.66. The third kappa shape index (κ3) is 4.14. The van der Waals surface area contributed by atoms with Crippen LogP contribution in [-0.2, 0) is 0 Å². The molecule has 0 heterocycles. The number of rotatable bonds is 5. The highest BCUT2D eigenvalue weighted by atomic mass is 127. The van der Waals surface area contributed by atoms with E-state index in [-0.39, 0.29) is 16.0 Å². The summed E-state index contributed by atoms with van der Waals surface area (Å²) in [4.78, 5) is 10.2. The number of hydrogen-bond donors (Lipinski definition) is 1. The molecule has 0 atom stereocenters. The van der Waals surface area contributed by atoms with E-state index in [0.717, 1.165) is 22.2 Å². The van der Waals surface area contributed by atoms with Gasteiger partial charge >= 0.3 is 0 Å². The molecule has 0 amide bonds. The summed E-state index contributed by atoms with van der Waals surface area (Å²) in [5.41, 5.74) is 1.32. The van der Waals surface area contributed by atoms with Crippen molar-refractivity contribution in [3.8, 4) is 0 Å². The Morgan fingerprint density at radius 3 is 2.59 bits per heavy atom. The molecule has 0 aliphatic rings. The fraction of sp³-hybridized carbons (Fsp3) is 0.500. The quantitative estimate of drug-likeness (QED) is 0.496. The Kier molecular flexibility index (Phi) is 4.73. The summed E-state index contributed by atoms with van der Waals surface area (Å²) in [7, 11) is 0. The first kappa shape index (κ1) is 14.2. The van der Waals surface area contributed by atoms with Crippen LogP contribution < -0.4 is 5.32 Å². The maximum absolute atomic E-state index is 10.6. The monoisotopic (exact) mass is 348 g/mol. The van der Waals surface area contributed by atoms with Crippen molar-refractivity contribution in [2.45, 2.75) is 27.2 Å². The summed E-state index contributed by atoms with van der Waals surface area (Å²) in [6.07, 6.45) is 1.09. The fourth-order valence-electron chi connectivity index (χ4n) is 1.22. The summed E-state index contributed by atoms with van der Waals surface area (Å²) in [5, 5.41) is 13.9. The molecule has 0 fully saturated rings. The molecule has 0 saturated carbocycles. The van der Waals surface area contributed by atoms with Crippen molar-refractivity contribution in [3.05, 3.63) is 31.9 Å². The number of nitro benzene ring substituents is 1. The van der Waals surface area contributed by atoms with Crippen molar-refractivity contribution >= 4 is 34.0 Å². The van der Waals surface area contributed by atoms with E-state index in [0.29, 0.717) is 0 Å². The molecule has 17 heavy (non-hydrogen) atoms. The topological polar surface area (TPSA) is 55.2 Å². The van der Waals surface area contributed by atoms with Crippen LogP contribution in [0.2, 0.25) is 0 Å². The SMILES string of the molecule is CCC(C)(C)CNc1ccc([N+](=O)[O-])cc1I. The molecule has 1 aromatic rings. The Morgan fingerprint density at radius 1 is 1.47 bits per heavy atom. The molecular formula is C12H17IN2O2. The van der Waals surface area contributed by atoms with Gasteiger partial charge in [-0.25, -0.2) is 0 Å². The first-order chi connectivity index (χ1) is 7.85. The average molecular weight is 348 g/mol. The van der Waals surface area contributed by atoms with Gasteiger partial charge in [0.05, 0.1) is 4.92 Å². The zero-order valence-electron chi connectivity index (χ0n) is 10.3. The van der Waals surface area contributed by atoms with E-state index in [4.69, 9.17) is 0 Å². The van der Waals surface area contributed by atoms with Crippen molar-refractivity contribution in [1.82, 2.24) is 0 Å². The van der Waals surface area contributed by atoms with Crippen LogP contribution in [0.3, 0.4) is 0 Å². The molecule has 1 N–H and O–H groups in total. The molecule has 1 aromatic carbocycles. The van der Waals surface area contributed by atoms with Gasteiger partial charge in [0.25, 0.3) is 5.69 Å². The van der Waals surface area contributed by atoms with E-state index in [1.165, 1.54) is 6.07 Å². The van der Waals surface area contributed by atoms with Gasteiger partial charge in [0.2, 0.25) is 0 Å². The Hall–Kier alpha value is -0.850. The molecule has 94 valence electrons. The number of nitrogens with zero attached hydrogens (tertiary/aromatic N) is 1. The molecule has 5 heteroatoms. The molecule has 0 aliphatic heterocycles. The maximum Gasteiger partial charge on any atom is 0.270 e. The zero-order chi connectivity index (χ0) is 13.1. The summed E-state index contributed by atoms with van der Waals surface area (Å²) < 4.78 is 0.878. The summed E-state index contributed by atoms with van der Waals surface area (Å²) in [6.45, 7) is 7.40. The molecule has 0 saturated heterocycles. The van der Waals surface area contributed by atoms with Crippen LogP contribution >= 0.6 is 22.6 Å². The molecule has 1 rings (SSSR count). The third-order valence-electron chi connectivity index (χ3n) is 2.88. The summed E-state index contributed by atoms with van der Waals surface area (Å²) in [5.74, 6) is 0. The summed E-state index contributed by atoms with van der Waals surface area (Å²) >= 11 is 2.12. The van der Waals surface area contributed by atoms with E-state index in [1.807, 2.05) is 0 Å². The number of nitro groups is 1. The average Bonchev–Trinajstić information content (AvgIpc) is 2.27. The molecule has 0 unspecified atom stereocenters. The smallest absolute Gasteiger partial charge is 0.270 e. The first-order valence-corrected chi connectivity index (χ1v) is 6.61. The molecule has 0 aromatic heterocycles. The minimum absolute atomic E-state index is 0.134.